The Kier molecular flexibility index (Phi) is 7.07. The lowest BCUT2D eigenvalue weighted by atomic mass is 9.73. The Morgan fingerprint density at radius 3 is 2.77 bits per heavy atom. The number of fused-ring (bicyclic) bond motifs is 4. The molecule has 2 bridgehead atoms. The first-order valence-corrected chi connectivity index (χ1v) is 15.6. The number of rotatable bonds is 6. The second-order valence-electron chi connectivity index (χ2n) is 12.5. The van der Waals surface area contributed by atoms with Crippen molar-refractivity contribution in [3.63, 3.8) is 0 Å². The Hall–Kier alpha value is -3.66. The third-order valence-electron chi connectivity index (χ3n) is 9.46. The zero-order valence-electron chi connectivity index (χ0n) is 24.2. The van der Waals surface area contributed by atoms with Crippen LogP contribution in [0, 0.1) is 28.5 Å². The number of piperazine rings is 1. The Labute approximate surface area is 252 Å². The standard InChI is InChI=1S/C31H34F2N8OS/c1-31(15-40(2)9-8-17(31)10-32)16-42-30-38-27-22(29(39-30)41-13-18-6-7-19(14-41)37-18)12-36-26(25(27)33)20-4-3-5-23-24(20)21(11-34)28(35)43-23/h3-5,12,17-19,37H,6-10,13-16,35H2,1-2H3/t17-,18-,19+,31+/m1/s1. The van der Waals surface area contributed by atoms with Gasteiger partial charge in [0.25, 0.3) is 0 Å². The number of nitrogen functional groups attached to an aromatic ring is 1. The number of likely N-dealkylation sites (tertiary alicyclic amines) is 1. The van der Waals surface area contributed by atoms with E-state index in [-0.39, 0.29) is 29.7 Å². The summed E-state index contributed by atoms with van der Waals surface area (Å²) in [5.74, 6) is -0.177. The molecule has 0 spiro atoms. The zero-order chi connectivity index (χ0) is 29.9. The van der Waals surface area contributed by atoms with Crippen LogP contribution < -0.4 is 20.7 Å². The Morgan fingerprint density at radius 2 is 2.02 bits per heavy atom. The molecule has 4 atom stereocenters. The second-order valence-corrected chi connectivity index (χ2v) is 13.6. The van der Waals surface area contributed by atoms with Crippen LogP contribution in [0.15, 0.2) is 24.4 Å². The van der Waals surface area contributed by atoms with Gasteiger partial charge in [-0.25, -0.2) is 4.39 Å². The Bertz CT molecular complexity index is 1750. The van der Waals surface area contributed by atoms with E-state index in [1.165, 1.54) is 11.3 Å². The van der Waals surface area contributed by atoms with Crippen LogP contribution in [0.25, 0.3) is 32.2 Å². The SMILES string of the molecule is CN1CC[C@H](CF)[C@](C)(COc2nc(N3C[C@H]4CC[C@@H](C3)N4)c3cnc(-c4cccc5sc(N)c(C#N)c45)c(F)c3n2)C1. The molecule has 0 saturated carbocycles. The van der Waals surface area contributed by atoms with Crippen molar-refractivity contribution in [3.8, 4) is 23.3 Å². The van der Waals surface area contributed by atoms with Crippen LogP contribution in [0.5, 0.6) is 6.01 Å². The summed E-state index contributed by atoms with van der Waals surface area (Å²) in [5.41, 5.74) is 6.66. The summed E-state index contributed by atoms with van der Waals surface area (Å²) in [6.45, 7) is 4.80. The maximum absolute atomic E-state index is 16.7. The highest BCUT2D eigenvalue weighted by molar-refractivity contribution is 7.23. The van der Waals surface area contributed by atoms with Crippen molar-refractivity contribution < 1.29 is 13.5 Å². The number of piperidine rings is 1. The van der Waals surface area contributed by atoms with Crippen LogP contribution in [0.3, 0.4) is 0 Å². The van der Waals surface area contributed by atoms with Crippen molar-refractivity contribution >= 4 is 43.1 Å². The molecule has 3 aromatic heterocycles. The molecule has 9 nitrogen and oxygen atoms in total. The fourth-order valence-electron chi connectivity index (χ4n) is 7.17. The minimum absolute atomic E-state index is 0.0622. The average molecular weight is 605 g/mol. The third kappa shape index (κ3) is 4.83. The van der Waals surface area contributed by atoms with Gasteiger partial charge in [0.15, 0.2) is 5.82 Å². The zero-order valence-corrected chi connectivity index (χ0v) is 25.1. The van der Waals surface area contributed by atoms with Crippen LogP contribution in [0.2, 0.25) is 0 Å². The molecule has 0 amide bonds. The van der Waals surface area contributed by atoms with Gasteiger partial charge in [0, 0.05) is 59.0 Å². The molecular formula is C31H34F2N8OS. The summed E-state index contributed by atoms with van der Waals surface area (Å²) in [7, 11) is 2.03. The summed E-state index contributed by atoms with van der Waals surface area (Å²) in [6, 6.07) is 8.31. The molecule has 12 heteroatoms. The number of thiophene rings is 1. The van der Waals surface area contributed by atoms with Gasteiger partial charge in [-0.1, -0.05) is 19.1 Å². The van der Waals surface area contributed by atoms with Gasteiger partial charge in [0.2, 0.25) is 0 Å². The molecule has 3 N–H and O–H groups in total. The molecule has 43 heavy (non-hydrogen) atoms. The van der Waals surface area contributed by atoms with Crippen LogP contribution in [-0.4, -0.2) is 78.4 Å². The van der Waals surface area contributed by atoms with E-state index in [4.69, 9.17) is 15.5 Å². The number of hydrogen-bond acceptors (Lipinski definition) is 10. The van der Waals surface area contributed by atoms with Gasteiger partial charge in [-0.3, -0.25) is 9.37 Å². The highest BCUT2D eigenvalue weighted by Crippen LogP contribution is 2.42. The number of benzene rings is 1. The average Bonchev–Trinajstić information content (AvgIpc) is 3.52. The highest BCUT2D eigenvalue weighted by Gasteiger charge is 2.40. The summed E-state index contributed by atoms with van der Waals surface area (Å²) in [5, 5.41) is 14.9. The summed E-state index contributed by atoms with van der Waals surface area (Å²) in [4.78, 5) is 18.4. The van der Waals surface area contributed by atoms with Gasteiger partial charge < -0.3 is 25.6 Å². The smallest absolute Gasteiger partial charge is 0.319 e. The molecule has 3 aliphatic heterocycles. The van der Waals surface area contributed by atoms with Crippen molar-refractivity contribution in [1.29, 1.82) is 5.26 Å². The third-order valence-corrected chi connectivity index (χ3v) is 10.4. The molecule has 7 rings (SSSR count). The minimum atomic E-state index is -0.615. The van der Waals surface area contributed by atoms with Crippen molar-refractivity contribution in [2.45, 2.75) is 38.3 Å². The van der Waals surface area contributed by atoms with E-state index in [0.29, 0.717) is 51.3 Å². The van der Waals surface area contributed by atoms with E-state index in [1.807, 2.05) is 20.0 Å². The normalized spacial score (nSPS) is 25.8. The first-order chi connectivity index (χ1) is 20.8. The number of pyridine rings is 1. The molecule has 3 aliphatic rings. The minimum Gasteiger partial charge on any atom is -0.463 e. The molecule has 3 fully saturated rings. The van der Waals surface area contributed by atoms with E-state index < -0.39 is 17.9 Å². The van der Waals surface area contributed by atoms with Crippen LogP contribution in [-0.2, 0) is 0 Å². The number of ether oxygens (including phenoxy) is 1. The van der Waals surface area contributed by atoms with Gasteiger partial charge >= 0.3 is 6.01 Å². The van der Waals surface area contributed by atoms with Crippen LogP contribution >= 0.6 is 11.3 Å². The quantitative estimate of drug-likeness (QED) is 0.322. The van der Waals surface area contributed by atoms with Crippen molar-refractivity contribution in [2.24, 2.45) is 11.3 Å². The molecule has 6 heterocycles. The fourth-order valence-corrected chi connectivity index (χ4v) is 8.11. The predicted molar refractivity (Wildman–Crippen MR) is 165 cm³/mol. The molecule has 224 valence electrons. The summed E-state index contributed by atoms with van der Waals surface area (Å²) >= 11 is 1.29. The van der Waals surface area contributed by atoms with Crippen molar-refractivity contribution in [1.82, 2.24) is 25.2 Å². The van der Waals surface area contributed by atoms with Gasteiger partial charge in [-0.2, -0.15) is 15.2 Å². The van der Waals surface area contributed by atoms with Gasteiger partial charge in [0.05, 0.1) is 24.2 Å². The van der Waals surface area contributed by atoms with Crippen LogP contribution in [0.4, 0.5) is 19.6 Å². The van der Waals surface area contributed by atoms with Crippen LogP contribution in [0.1, 0.15) is 31.7 Å². The van der Waals surface area contributed by atoms with Gasteiger partial charge in [-0.15, -0.1) is 11.3 Å². The van der Waals surface area contributed by atoms with Gasteiger partial charge in [0.1, 0.15) is 28.1 Å². The van der Waals surface area contributed by atoms with Crippen molar-refractivity contribution in [2.75, 3.05) is 57.1 Å². The van der Waals surface area contributed by atoms with E-state index in [2.05, 4.69) is 31.2 Å². The first-order valence-electron chi connectivity index (χ1n) is 14.7. The first kappa shape index (κ1) is 28.1. The maximum Gasteiger partial charge on any atom is 0.319 e. The molecule has 0 aliphatic carbocycles. The Morgan fingerprint density at radius 1 is 1.23 bits per heavy atom. The Balaban J connectivity index is 1.35. The number of nitrogens with zero attached hydrogens (tertiary/aromatic N) is 6. The topological polar surface area (TPSA) is 116 Å². The van der Waals surface area contributed by atoms with Crippen molar-refractivity contribution in [3.05, 3.63) is 35.8 Å². The number of hydrogen-bond donors (Lipinski definition) is 2. The molecule has 1 aromatic carbocycles. The molecule has 3 saturated heterocycles. The number of anilines is 2. The van der Waals surface area contributed by atoms with Gasteiger partial charge in [-0.05, 0) is 44.8 Å². The summed E-state index contributed by atoms with van der Waals surface area (Å²) in [6.07, 6.45) is 4.52. The van der Waals surface area contributed by atoms with E-state index >= 15 is 4.39 Å². The maximum atomic E-state index is 16.7. The lowest BCUT2D eigenvalue weighted by molar-refractivity contribution is 0.000322. The molecule has 0 unspecified atom stereocenters. The second kappa shape index (κ2) is 10.8. The number of nitrogens with one attached hydrogen (secondary N) is 1. The number of aromatic nitrogens is 3. The molecule has 0 radical (unpaired) electrons. The lowest BCUT2D eigenvalue weighted by Crippen LogP contribution is -2.51. The van der Waals surface area contributed by atoms with E-state index in [0.717, 1.165) is 43.6 Å². The summed E-state index contributed by atoms with van der Waals surface area (Å²) < 4.78 is 37.7. The number of nitriles is 1. The van der Waals surface area contributed by atoms with E-state index in [1.54, 1.807) is 18.3 Å². The van der Waals surface area contributed by atoms with E-state index in [9.17, 15) is 9.65 Å². The number of nitrogens with two attached hydrogens (primary N) is 1. The lowest BCUT2D eigenvalue weighted by Gasteiger charge is -2.43. The fraction of sp³-hybridized carbons (Fsp3) is 0.484. The number of halogens is 2. The monoisotopic (exact) mass is 604 g/mol. The molecule has 4 aromatic rings. The largest absolute Gasteiger partial charge is 0.463 e. The molecular weight excluding hydrogens is 570 g/mol. The number of alkyl halides is 1. The predicted octanol–water partition coefficient (Wildman–Crippen LogP) is 4.75. The highest BCUT2D eigenvalue weighted by atomic mass is 32.1.